The van der Waals surface area contributed by atoms with Gasteiger partial charge >= 0.3 is 0 Å². The summed E-state index contributed by atoms with van der Waals surface area (Å²) in [7, 11) is 0. The summed E-state index contributed by atoms with van der Waals surface area (Å²) in [5.74, 6) is 0.464. The quantitative estimate of drug-likeness (QED) is 0.607. The molecule has 0 radical (unpaired) electrons. The summed E-state index contributed by atoms with van der Waals surface area (Å²) in [6, 6.07) is 0.559. The predicted octanol–water partition coefficient (Wildman–Crippen LogP) is 3.77. The van der Waals surface area contributed by atoms with Gasteiger partial charge in [-0.15, -0.1) is 0 Å². The molecule has 1 unspecified atom stereocenters. The Bertz CT molecular complexity index is 293. The lowest BCUT2D eigenvalue weighted by Crippen LogP contribution is -2.41. The first-order chi connectivity index (χ1) is 8.69. The Balaban J connectivity index is 2.62. The topological polar surface area (TPSA) is 12.5 Å². The summed E-state index contributed by atoms with van der Waals surface area (Å²) < 4.78 is 5.75. The molecule has 102 valence electrons. The van der Waals surface area contributed by atoms with Crippen LogP contribution in [0, 0.1) is 5.92 Å². The molecule has 0 spiro atoms. The van der Waals surface area contributed by atoms with Gasteiger partial charge in [-0.05, 0) is 33.2 Å². The van der Waals surface area contributed by atoms with Gasteiger partial charge in [-0.25, -0.2) is 0 Å². The van der Waals surface area contributed by atoms with Gasteiger partial charge in [0.1, 0.15) is 6.10 Å². The van der Waals surface area contributed by atoms with Crippen molar-refractivity contribution in [1.82, 2.24) is 4.90 Å². The molecule has 0 aromatic carbocycles. The monoisotopic (exact) mass is 249 g/mol. The van der Waals surface area contributed by atoms with E-state index < -0.39 is 0 Å². The van der Waals surface area contributed by atoms with Gasteiger partial charge in [-0.1, -0.05) is 37.8 Å². The molecule has 0 aliphatic heterocycles. The van der Waals surface area contributed by atoms with E-state index in [0.717, 1.165) is 19.5 Å². The molecule has 1 aliphatic rings. The van der Waals surface area contributed by atoms with Crippen LogP contribution < -0.4 is 0 Å². The number of allylic oxidation sites excluding steroid dienone is 3. The zero-order chi connectivity index (χ0) is 13.4. The largest absolute Gasteiger partial charge is 0.497 e. The first kappa shape index (κ1) is 15.0. The van der Waals surface area contributed by atoms with Gasteiger partial charge in [0.25, 0.3) is 0 Å². The van der Waals surface area contributed by atoms with Crippen LogP contribution in [0.5, 0.6) is 0 Å². The lowest BCUT2D eigenvalue weighted by atomic mass is 9.94. The van der Waals surface area contributed by atoms with E-state index in [1.54, 1.807) is 6.26 Å². The maximum atomic E-state index is 5.75. The van der Waals surface area contributed by atoms with Crippen molar-refractivity contribution < 1.29 is 4.74 Å². The lowest BCUT2D eigenvalue weighted by molar-refractivity contribution is 0.0530. The summed E-state index contributed by atoms with van der Waals surface area (Å²) >= 11 is 0. The highest BCUT2D eigenvalue weighted by Gasteiger charge is 2.23. The van der Waals surface area contributed by atoms with Gasteiger partial charge in [-0.2, -0.15) is 0 Å². The molecule has 1 rings (SSSR count). The van der Waals surface area contributed by atoms with Gasteiger partial charge in [0.15, 0.2) is 0 Å². The second-order valence-electron chi connectivity index (χ2n) is 5.14. The molecule has 2 nitrogen and oxygen atoms in total. The molecular weight excluding hydrogens is 222 g/mol. The van der Waals surface area contributed by atoms with Crippen LogP contribution in [0.1, 0.15) is 33.6 Å². The summed E-state index contributed by atoms with van der Waals surface area (Å²) in [6.45, 7) is 12.5. The Hall–Kier alpha value is -1.02. The second-order valence-corrected chi connectivity index (χ2v) is 5.14. The highest BCUT2D eigenvalue weighted by molar-refractivity contribution is 5.12. The highest BCUT2D eigenvalue weighted by Crippen LogP contribution is 2.20. The zero-order valence-corrected chi connectivity index (χ0v) is 12.0. The first-order valence-electron chi connectivity index (χ1n) is 7.02. The smallest absolute Gasteiger partial charge is 0.117 e. The standard InChI is InChI=1S/C16H27NO/c1-5-12-17(14(3)4)13-16(18-6-2)15-10-8-7-9-11-15/h6-10,14-16H,2,5,11-13H2,1,3-4H3/t15?,16-/m1/s1. The molecule has 0 saturated carbocycles. The van der Waals surface area contributed by atoms with Crippen molar-refractivity contribution in [3.8, 4) is 0 Å². The van der Waals surface area contributed by atoms with Crippen LogP contribution >= 0.6 is 0 Å². The summed E-state index contributed by atoms with van der Waals surface area (Å²) in [4.78, 5) is 2.49. The first-order valence-corrected chi connectivity index (χ1v) is 7.02. The van der Waals surface area contributed by atoms with E-state index in [4.69, 9.17) is 4.74 Å². The third-order valence-electron chi connectivity index (χ3n) is 3.42. The van der Waals surface area contributed by atoms with Crippen molar-refractivity contribution >= 4 is 0 Å². The van der Waals surface area contributed by atoms with Crippen LogP contribution in [0.25, 0.3) is 0 Å². The fourth-order valence-electron chi connectivity index (χ4n) is 2.36. The molecule has 2 atom stereocenters. The van der Waals surface area contributed by atoms with Gasteiger partial charge in [0.2, 0.25) is 0 Å². The maximum absolute atomic E-state index is 5.75. The Kier molecular flexibility index (Phi) is 6.81. The van der Waals surface area contributed by atoms with Gasteiger partial charge in [-0.3, -0.25) is 4.90 Å². The predicted molar refractivity (Wildman–Crippen MR) is 78.5 cm³/mol. The minimum Gasteiger partial charge on any atom is -0.497 e. The Morgan fingerprint density at radius 1 is 1.44 bits per heavy atom. The molecule has 0 saturated heterocycles. The van der Waals surface area contributed by atoms with Crippen molar-refractivity contribution in [3.63, 3.8) is 0 Å². The highest BCUT2D eigenvalue weighted by atomic mass is 16.5. The van der Waals surface area contributed by atoms with Crippen LogP contribution in [-0.4, -0.2) is 30.1 Å². The van der Waals surface area contributed by atoms with E-state index in [2.05, 4.69) is 56.6 Å². The van der Waals surface area contributed by atoms with Crippen LogP contribution in [0.2, 0.25) is 0 Å². The zero-order valence-electron chi connectivity index (χ0n) is 12.0. The summed E-state index contributed by atoms with van der Waals surface area (Å²) in [6.07, 6.45) is 12.7. The van der Waals surface area contributed by atoms with Crippen LogP contribution in [0.4, 0.5) is 0 Å². The minimum absolute atomic E-state index is 0.206. The van der Waals surface area contributed by atoms with E-state index in [0.29, 0.717) is 12.0 Å². The molecule has 0 bridgehead atoms. The maximum Gasteiger partial charge on any atom is 0.117 e. The third-order valence-corrected chi connectivity index (χ3v) is 3.42. The second kappa shape index (κ2) is 8.15. The summed E-state index contributed by atoms with van der Waals surface area (Å²) in [5.41, 5.74) is 0. The molecule has 0 N–H and O–H groups in total. The fourth-order valence-corrected chi connectivity index (χ4v) is 2.36. The number of nitrogens with zero attached hydrogens (tertiary/aromatic N) is 1. The van der Waals surface area contributed by atoms with Crippen molar-refractivity contribution in [2.75, 3.05) is 13.1 Å². The van der Waals surface area contributed by atoms with Gasteiger partial charge in [0, 0.05) is 18.5 Å². The third kappa shape index (κ3) is 4.69. The molecule has 0 fully saturated rings. The SMILES string of the molecule is C=CO[C@H](CN(CCC)C(C)C)C1C=CC=CC1. The van der Waals surface area contributed by atoms with Crippen LogP contribution in [0.3, 0.4) is 0 Å². The normalized spacial score (nSPS) is 20.4. The van der Waals surface area contributed by atoms with Gasteiger partial charge in [0.05, 0.1) is 6.26 Å². The van der Waals surface area contributed by atoms with E-state index in [1.807, 2.05) is 0 Å². The van der Waals surface area contributed by atoms with E-state index in [1.165, 1.54) is 6.42 Å². The number of rotatable bonds is 8. The molecular formula is C16H27NO. The van der Waals surface area contributed by atoms with Crippen molar-refractivity contribution in [2.45, 2.75) is 45.8 Å². The molecule has 0 heterocycles. The van der Waals surface area contributed by atoms with Crippen LogP contribution in [0.15, 0.2) is 37.1 Å². The van der Waals surface area contributed by atoms with E-state index in [-0.39, 0.29) is 6.10 Å². The Morgan fingerprint density at radius 2 is 2.22 bits per heavy atom. The van der Waals surface area contributed by atoms with E-state index >= 15 is 0 Å². The van der Waals surface area contributed by atoms with E-state index in [9.17, 15) is 0 Å². The van der Waals surface area contributed by atoms with Crippen molar-refractivity contribution in [3.05, 3.63) is 37.1 Å². The van der Waals surface area contributed by atoms with Crippen molar-refractivity contribution in [2.24, 2.45) is 5.92 Å². The number of hydrogen-bond acceptors (Lipinski definition) is 2. The average Bonchev–Trinajstić information content (AvgIpc) is 2.38. The van der Waals surface area contributed by atoms with Crippen LogP contribution in [-0.2, 0) is 4.74 Å². The lowest BCUT2D eigenvalue weighted by Gasteiger charge is -2.33. The number of hydrogen-bond donors (Lipinski definition) is 0. The number of ether oxygens (including phenoxy) is 1. The fraction of sp³-hybridized carbons (Fsp3) is 0.625. The molecule has 1 aliphatic carbocycles. The molecule has 0 aromatic rings. The summed E-state index contributed by atoms with van der Waals surface area (Å²) in [5, 5.41) is 0. The molecule has 2 heteroatoms. The Morgan fingerprint density at radius 3 is 2.72 bits per heavy atom. The van der Waals surface area contributed by atoms with Crippen molar-refractivity contribution in [1.29, 1.82) is 0 Å². The average molecular weight is 249 g/mol. The molecule has 0 amide bonds. The Labute approximate surface area is 112 Å². The minimum atomic E-state index is 0.206. The molecule has 18 heavy (non-hydrogen) atoms. The van der Waals surface area contributed by atoms with Gasteiger partial charge < -0.3 is 4.74 Å². The molecule has 0 aromatic heterocycles.